The van der Waals surface area contributed by atoms with Crippen LogP contribution in [0.15, 0.2) is 10.6 Å². The Labute approximate surface area is 146 Å². The molecule has 0 saturated heterocycles. The molecule has 0 atom stereocenters. The number of aromatic nitrogens is 3. The maximum atomic E-state index is 11.6. The van der Waals surface area contributed by atoms with Crippen LogP contribution in [0.1, 0.15) is 34.8 Å². The van der Waals surface area contributed by atoms with Crippen molar-refractivity contribution in [2.45, 2.75) is 46.3 Å². The molecule has 2 aromatic heterocycles. The summed E-state index contributed by atoms with van der Waals surface area (Å²) in [6, 6.07) is 2.08. The third kappa shape index (κ3) is 4.26. The van der Waals surface area contributed by atoms with Crippen LogP contribution in [0.3, 0.4) is 0 Å². The highest BCUT2D eigenvalue weighted by Gasteiger charge is 2.21. The van der Waals surface area contributed by atoms with Crippen LogP contribution >= 0.6 is 0 Å². The number of nitrogens with zero attached hydrogens (tertiary/aromatic N) is 4. The Morgan fingerprint density at radius 3 is 2.96 bits per heavy atom. The van der Waals surface area contributed by atoms with Gasteiger partial charge in [0.1, 0.15) is 5.76 Å². The van der Waals surface area contributed by atoms with Crippen molar-refractivity contribution >= 4 is 5.91 Å². The maximum absolute atomic E-state index is 11.6. The molecule has 0 fully saturated rings. The van der Waals surface area contributed by atoms with Gasteiger partial charge in [0.15, 0.2) is 0 Å². The van der Waals surface area contributed by atoms with E-state index in [1.807, 2.05) is 18.5 Å². The van der Waals surface area contributed by atoms with E-state index in [0.717, 1.165) is 48.9 Å². The fourth-order valence-corrected chi connectivity index (χ4v) is 3.11. The standard InChI is InChI=1S/C17H25N5O3/c1-12-16(13(2)25-20-12)11-21-6-7-22-15(10-21)9-14(19-22)3-4-17(24)18-5-8-23/h9,23H,3-8,10-11H2,1-2H3,(H,18,24). The number of aliphatic hydroxyl groups excluding tert-OH is 1. The molecule has 1 amide bonds. The zero-order valence-electron chi connectivity index (χ0n) is 14.8. The first kappa shape index (κ1) is 17.6. The topological polar surface area (TPSA) is 96.4 Å². The molecule has 1 aliphatic heterocycles. The largest absolute Gasteiger partial charge is 0.395 e. The second kappa shape index (κ2) is 7.79. The highest BCUT2D eigenvalue weighted by Crippen LogP contribution is 2.20. The highest BCUT2D eigenvalue weighted by atomic mass is 16.5. The van der Waals surface area contributed by atoms with Crippen LogP contribution in [0.4, 0.5) is 0 Å². The van der Waals surface area contributed by atoms with E-state index in [1.165, 1.54) is 5.69 Å². The molecule has 8 nitrogen and oxygen atoms in total. The predicted octanol–water partition coefficient (Wildman–Crippen LogP) is 0.545. The normalized spacial score (nSPS) is 14.5. The van der Waals surface area contributed by atoms with Crippen LogP contribution in [0, 0.1) is 13.8 Å². The molecular formula is C17H25N5O3. The van der Waals surface area contributed by atoms with Crippen LogP contribution in [-0.4, -0.2) is 50.5 Å². The number of fused-ring (bicyclic) bond motifs is 1. The summed E-state index contributed by atoms with van der Waals surface area (Å²) in [6.07, 6.45) is 1.00. The van der Waals surface area contributed by atoms with E-state index in [0.29, 0.717) is 19.4 Å². The van der Waals surface area contributed by atoms with Crippen molar-refractivity contribution in [3.05, 3.63) is 34.5 Å². The fourth-order valence-electron chi connectivity index (χ4n) is 3.11. The van der Waals surface area contributed by atoms with Gasteiger partial charge in [-0.05, 0) is 19.9 Å². The third-order valence-corrected chi connectivity index (χ3v) is 4.53. The van der Waals surface area contributed by atoms with Crippen molar-refractivity contribution in [1.29, 1.82) is 0 Å². The number of nitrogens with one attached hydrogen (secondary N) is 1. The number of hydrogen-bond donors (Lipinski definition) is 2. The molecule has 8 heteroatoms. The molecule has 25 heavy (non-hydrogen) atoms. The van der Waals surface area contributed by atoms with Crippen molar-refractivity contribution in [2.75, 3.05) is 19.7 Å². The van der Waals surface area contributed by atoms with Gasteiger partial charge in [-0.25, -0.2) is 0 Å². The van der Waals surface area contributed by atoms with E-state index in [2.05, 4.69) is 26.5 Å². The van der Waals surface area contributed by atoms with E-state index in [4.69, 9.17) is 9.63 Å². The van der Waals surface area contributed by atoms with Gasteiger partial charge >= 0.3 is 0 Å². The molecule has 0 unspecified atom stereocenters. The number of carbonyl (C=O) groups excluding carboxylic acids is 1. The summed E-state index contributed by atoms with van der Waals surface area (Å²) in [6.45, 7) is 7.60. The number of aliphatic hydroxyl groups is 1. The summed E-state index contributed by atoms with van der Waals surface area (Å²) in [4.78, 5) is 14.0. The second-order valence-corrected chi connectivity index (χ2v) is 6.44. The number of hydrogen-bond acceptors (Lipinski definition) is 6. The Morgan fingerprint density at radius 2 is 2.24 bits per heavy atom. The molecule has 0 aromatic carbocycles. The quantitative estimate of drug-likeness (QED) is 0.759. The van der Waals surface area contributed by atoms with E-state index in [9.17, 15) is 4.79 Å². The molecule has 0 saturated carbocycles. The number of rotatable bonds is 7. The summed E-state index contributed by atoms with van der Waals surface area (Å²) in [5.74, 6) is 0.825. The lowest BCUT2D eigenvalue weighted by molar-refractivity contribution is -0.121. The van der Waals surface area contributed by atoms with Crippen LogP contribution in [0.5, 0.6) is 0 Å². The highest BCUT2D eigenvalue weighted by molar-refractivity contribution is 5.76. The van der Waals surface area contributed by atoms with Crippen molar-refractivity contribution in [1.82, 2.24) is 25.2 Å². The zero-order valence-corrected chi connectivity index (χ0v) is 14.8. The minimum absolute atomic E-state index is 0.0362. The molecule has 136 valence electrons. The maximum Gasteiger partial charge on any atom is 0.220 e. The first-order chi connectivity index (χ1) is 12.1. The zero-order chi connectivity index (χ0) is 17.8. The minimum atomic E-state index is -0.0555. The van der Waals surface area contributed by atoms with Crippen molar-refractivity contribution in [3.8, 4) is 0 Å². The molecule has 2 N–H and O–H groups in total. The van der Waals surface area contributed by atoms with E-state index >= 15 is 0 Å². The molecule has 3 rings (SSSR count). The summed E-state index contributed by atoms with van der Waals surface area (Å²) < 4.78 is 7.28. The van der Waals surface area contributed by atoms with Gasteiger partial charge in [0.05, 0.1) is 30.2 Å². The summed E-state index contributed by atoms with van der Waals surface area (Å²) in [5, 5.41) is 20.0. The predicted molar refractivity (Wildman–Crippen MR) is 90.7 cm³/mol. The average Bonchev–Trinajstić information content (AvgIpc) is 3.15. The molecule has 2 aromatic rings. The number of amides is 1. The van der Waals surface area contributed by atoms with Gasteiger partial charge in [0.25, 0.3) is 0 Å². The Morgan fingerprint density at radius 1 is 1.40 bits per heavy atom. The lowest BCUT2D eigenvalue weighted by atomic mass is 10.1. The molecular weight excluding hydrogens is 322 g/mol. The SMILES string of the molecule is Cc1noc(C)c1CN1CCn2nc(CCC(=O)NCCO)cc2C1. The van der Waals surface area contributed by atoms with Gasteiger partial charge < -0.3 is 14.9 Å². The molecule has 0 spiro atoms. The first-order valence-electron chi connectivity index (χ1n) is 8.64. The van der Waals surface area contributed by atoms with Crippen LogP contribution in [0.2, 0.25) is 0 Å². The summed E-state index contributed by atoms with van der Waals surface area (Å²) in [7, 11) is 0. The minimum Gasteiger partial charge on any atom is -0.395 e. The van der Waals surface area contributed by atoms with Crippen molar-refractivity contribution < 1.29 is 14.4 Å². The van der Waals surface area contributed by atoms with Gasteiger partial charge in [-0.1, -0.05) is 5.16 Å². The van der Waals surface area contributed by atoms with Crippen LogP contribution in [-0.2, 0) is 30.8 Å². The molecule has 0 radical (unpaired) electrons. The van der Waals surface area contributed by atoms with Gasteiger partial charge in [-0.3, -0.25) is 14.4 Å². The van der Waals surface area contributed by atoms with E-state index in [1.54, 1.807) is 0 Å². The van der Waals surface area contributed by atoms with Gasteiger partial charge in [0, 0.05) is 44.6 Å². The lowest BCUT2D eigenvalue weighted by Gasteiger charge is -2.27. The van der Waals surface area contributed by atoms with Gasteiger partial charge in [-0.15, -0.1) is 0 Å². The second-order valence-electron chi connectivity index (χ2n) is 6.44. The molecule has 0 bridgehead atoms. The Balaban J connectivity index is 1.57. The molecule has 0 aliphatic carbocycles. The van der Waals surface area contributed by atoms with Gasteiger partial charge in [0.2, 0.25) is 5.91 Å². The first-order valence-corrected chi connectivity index (χ1v) is 8.64. The Kier molecular flexibility index (Phi) is 5.50. The number of aryl methyl sites for hydroxylation is 3. The van der Waals surface area contributed by atoms with Gasteiger partial charge in [-0.2, -0.15) is 5.10 Å². The molecule has 3 heterocycles. The van der Waals surface area contributed by atoms with E-state index < -0.39 is 0 Å². The average molecular weight is 347 g/mol. The lowest BCUT2D eigenvalue weighted by Crippen LogP contribution is -2.33. The van der Waals surface area contributed by atoms with Crippen LogP contribution < -0.4 is 5.32 Å². The Hall–Kier alpha value is -2.19. The van der Waals surface area contributed by atoms with Crippen molar-refractivity contribution in [3.63, 3.8) is 0 Å². The molecule has 1 aliphatic rings. The summed E-state index contributed by atoms with van der Waals surface area (Å²) >= 11 is 0. The third-order valence-electron chi connectivity index (χ3n) is 4.53. The number of carbonyl (C=O) groups is 1. The summed E-state index contributed by atoms with van der Waals surface area (Å²) in [5.41, 5.74) is 4.22. The van der Waals surface area contributed by atoms with E-state index in [-0.39, 0.29) is 12.5 Å². The fraction of sp³-hybridized carbons (Fsp3) is 0.588. The monoisotopic (exact) mass is 347 g/mol. The Bertz CT molecular complexity index is 717. The van der Waals surface area contributed by atoms with Crippen molar-refractivity contribution in [2.24, 2.45) is 0 Å². The van der Waals surface area contributed by atoms with Crippen LogP contribution in [0.25, 0.3) is 0 Å². The smallest absolute Gasteiger partial charge is 0.220 e.